The minimum atomic E-state index is -0.208. The Morgan fingerprint density at radius 2 is 2.09 bits per heavy atom. The highest BCUT2D eigenvalue weighted by atomic mass is 32.2. The maximum absolute atomic E-state index is 11.9. The third-order valence-electron chi connectivity index (χ3n) is 3.08. The Morgan fingerprint density at radius 1 is 1.27 bits per heavy atom. The van der Waals surface area contributed by atoms with Crippen molar-refractivity contribution < 1.29 is 4.42 Å². The highest BCUT2D eigenvalue weighted by Gasteiger charge is 2.11. The maximum Gasteiger partial charge on any atom is 0.343 e. The zero-order valence-corrected chi connectivity index (χ0v) is 12.8. The highest BCUT2D eigenvalue weighted by molar-refractivity contribution is 7.98. The standard InChI is InChI=1S/C14H15N5O2S/c1-10-15-16-12(21-10)9-22-14-18-17-13(20)19(14)8-7-11-5-3-2-4-6-11/h2-6H,7-9H2,1H3,(H,17,20). The first-order valence-corrected chi connectivity index (χ1v) is 7.82. The summed E-state index contributed by atoms with van der Waals surface area (Å²) in [6, 6.07) is 10.0. The first-order valence-electron chi connectivity index (χ1n) is 6.83. The van der Waals surface area contributed by atoms with Gasteiger partial charge in [0, 0.05) is 13.5 Å². The van der Waals surface area contributed by atoms with Gasteiger partial charge in [-0.15, -0.1) is 15.3 Å². The molecule has 7 nitrogen and oxygen atoms in total. The molecule has 1 aromatic carbocycles. The SMILES string of the molecule is Cc1nnc(CSc2n[nH]c(=O)n2CCc2ccccc2)o1. The van der Waals surface area contributed by atoms with Gasteiger partial charge in [0.25, 0.3) is 0 Å². The van der Waals surface area contributed by atoms with Crippen molar-refractivity contribution in [3.63, 3.8) is 0 Å². The van der Waals surface area contributed by atoms with Gasteiger partial charge in [-0.05, 0) is 12.0 Å². The topological polar surface area (TPSA) is 89.6 Å². The molecule has 1 N–H and O–H groups in total. The number of nitrogens with zero attached hydrogens (tertiary/aromatic N) is 4. The van der Waals surface area contributed by atoms with Crippen molar-refractivity contribution in [3.05, 3.63) is 58.2 Å². The van der Waals surface area contributed by atoms with E-state index in [1.807, 2.05) is 30.3 Å². The Labute approximate surface area is 130 Å². The molecule has 0 spiro atoms. The maximum atomic E-state index is 11.9. The molecule has 3 aromatic rings. The van der Waals surface area contributed by atoms with Crippen molar-refractivity contribution in [3.8, 4) is 0 Å². The molecular formula is C14H15N5O2S. The number of benzene rings is 1. The van der Waals surface area contributed by atoms with Crippen molar-refractivity contribution in [2.45, 2.75) is 30.8 Å². The average Bonchev–Trinajstić information content (AvgIpc) is 3.10. The summed E-state index contributed by atoms with van der Waals surface area (Å²) in [4.78, 5) is 11.9. The van der Waals surface area contributed by atoms with Crippen molar-refractivity contribution in [1.82, 2.24) is 25.0 Å². The Hall–Kier alpha value is -2.35. The minimum Gasteiger partial charge on any atom is -0.425 e. The summed E-state index contributed by atoms with van der Waals surface area (Å²) in [5, 5.41) is 14.9. The number of rotatable bonds is 6. The lowest BCUT2D eigenvalue weighted by molar-refractivity contribution is 0.485. The third-order valence-corrected chi connectivity index (χ3v) is 4.04. The van der Waals surface area contributed by atoms with Crippen LogP contribution in [0.15, 0.2) is 44.7 Å². The molecule has 0 fully saturated rings. The fourth-order valence-electron chi connectivity index (χ4n) is 2.02. The van der Waals surface area contributed by atoms with Gasteiger partial charge in [-0.3, -0.25) is 4.57 Å². The molecule has 0 amide bonds. The number of aromatic nitrogens is 5. The molecule has 0 atom stereocenters. The predicted octanol–water partition coefficient (Wildman–Crippen LogP) is 1.80. The molecule has 114 valence electrons. The number of aryl methyl sites for hydroxylation is 2. The molecule has 22 heavy (non-hydrogen) atoms. The monoisotopic (exact) mass is 317 g/mol. The Morgan fingerprint density at radius 3 is 2.82 bits per heavy atom. The fourth-order valence-corrected chi connectivity index (χ4v) is 2.83. The molecule has 0 saturated heterocycles. The molecule has 2 aromatic heterocycles. The largest absolute Gasteiger partial charge is 0.425 e. The molecule has 0 aliphatic rings. The summed E-state index contributed by atoms with van der Waals surface area (Å²) in [7, 11) is 0. The van der Waals surface area contributed by atoms with Gasteiger partial charge in [0.2, 0.25) is 11.8 Å². The number of H-pyrrole nitrogens is 1. The molecule has 0 unspecified atom stereocenters. The summed E-state index contributed by atoms with van der Waals surface area (Å²) < 4.78 is 6.94. The average molecular weight is 317 g/mol. The molecule has 0 saturated carbocycles. The van der Waals surface area contributed by atoms with Gasteiger partial charge in [0.05, 0.1) is 5.75 Å². The van der Waals surface area contributed by atoms with E-state index in [4.69, 9.17) is 4.42 Å². The lowest BCUT2D eigenvalue weighted by Crippen LogP contribution is -2.18. The van der Waals surface area contributed by atoms with Crippen molar-refractivity contribution in [2.75, 3.05) is 0 Å². The smallest absolute Gasteiger partial charge is 0.343 e. The second-order valence-corrected chi connectivity index (χ2v) is 5.64. The van der Waals surface area contributed by atoms with Crippen LogP contribution < -0.4 is 5.69 Å². The van der Waals surface area contributed by atoms with Crippen molar-refractivity contribution >= 4 is 11.8 Å². The van der Waals surface area contributed by atoms with Crippen LogP contribution in [0.3, 0.4) is 0 Å². The van der Waals surface area contributed by atoms with Gasteiger partial charge in [-0.25, -0.2) is 9.89 Å². The lowest BCUT2D eigenvalue weighted by Gasteiger charge is -2.04. The molecule has 0 aliphatic heterocycles. The Kier molecular flexibility index (Phi) is 4.38. The highest BCUT2D eigenvalue weighted by Crippen LogP contribution is 2.19. The van der Waals surface area contributed by atoms with Crippen LogP contribution in [0, 0.1) is 6.92 Å². The van der Waals surface area contributed by atoms with E-state index in [0.717, 1.165) is 6.42 Å². The van der Waals surface area contributed by atoms with E-state index in [1.165, 1.54) is 17.3 Å². The Bertz CT molecular complexity index is 793. The van der Waals surface area contributed by atoms with Gasteiger partial charge in [-0.2, -0.15) is 0 Å². The van der Waals surface area contributed by atoms with Gasteiger partial charge in [0.1, 0.15) is 0 Å². The quantitative estimate of drug-likeness (QED) is 0.697. The minimum absolute atomic E-state index is 0.208. The number of hydrogen-bond acceptors (Lipinski definition) is 6. The summed E-state index contributed by atoms with van der Waals surface area (Å²) in [5.41, 5.74) is 0.971. The van der Waals surface area contributed by atoms with Gasteiger partial charge in [0.15, 0.2) is 5.16 Å². The molecule has 0 bridgehead atoms. The lowest BCUT2D eigenvalue weighted by atomic mass is 10.1. The van der Waals surface area contributed by atoms with E-state index < -0.39 is 0 Å². The first-order chi connectivity index (χ1) is 10.7. The zero-order chi connectivity index (χ0) is 15.4. The van der Waals surface area contributed by atoms with Crippen LogP contribution in [0.1, 0.15) is 17.3 Å². The van der Waals surface area contributed by atoms with E-state index in [-0.39, 0.29) is 5.69 Å². The number of thioether (sulfide) groups is 1. The predicted molar refractivity (Wildman–Crippen MR) is 81.6 cm³/mol. The van der Waals surface area contributed by atoms with Crippen LogP contribution in [-0.2, 0) is 18.7 Å². The van der Waals surface area contributed by atoms with E-state index >= 15 is 0 Å². The van der Waals surface area contributed by atoms with E-state index in [1.54, 1.807) is 11.5 Å². The third kappa shape index (κ3) is 3.45. The summed E-state index contributed by atoms with van der Waals surface area (Å²) in [6.45, 7) is 2.32. The van der Waals surface area contributed by atoms with E-state index in [2.05, 4.69) is 20.4 Å². The van der Waals surface area contributed by atoms with Gasteiger partial charge < -0.3 is 4.42 Å². The van der Waals surface area contributed by atoms with Crippen LogP contribution in [0.5, 0.6) is 0 Å². The first kappa shape index (κ1) is 14.6. The molecule has 0 radical (unpaired) electrons. The van der Waals surface area contributed by atoms with Crippen molar-refractivity contribution in [1.29, 1.82) is 0 Å². The van der Waals surface area contributed by atoms with Gasteiger partial charge in [-0.1, -0.05) is 42.1 Å². The van der Waals surface area contributed by atoms with Crippen LogP contribution in [-0.4, -0.2) is 25.0 Å². The summed E-state index contributed by atoms with van der Waals surface area (Å²) in [6.07, 6.45) is 0.771. The molecule has 3 rings (SSSR count). The summed E-state index contributed by atoms with van der Waals surface area (Å²) >= 11 is 1.39. The number of aromatic amines is 1. The molecule has 2 heterocycles. The van der Waals surface area contributed by atoms with Crippen molar-refractivity contribution in [2.24, 2.45) is 0 Å². The fraction of sp³-hybridized carbons (Fsp3) is 0.286. The van der Waals surface area contributed by atoms with Crippen LogP contribution >= 0.6 is 11.8 Å². The van der Waals surface area contributed by atoms with Gasteiger partial charge >= 0.3 is 5.69 Å². The van der Waals surface area contributed by atoms with Crippen LogP contribution in [0.25, 0.3) is 0 Å². The normalized spacial score (nSPS) is 11.0. The number of hydrogen-bond donors (Lipinski definition) is 1. The zero-order valence-electron chi connectivity index (χ0n) is 12.0. The molecular weight excluding hydrogens is 302 g/mol. The second kappa shape index (κ2) is 6.61. The van der Waals surface area contributed by atoms with E-state index in [9.17, 15) is 4.79 Å². The molecule has 8 heteroatoms. The summed E-state index contributed by atoms with van der Waals surface area (Å²) in [5.74, 6) is 1.53. The molecule has 0 aliphatic carbocycles. The Balaban J connectivity index is 1.66. The second-order valence-electron chi connectivity index (χ2n) is 4.70. The van der Waals surface area contributed by atoms with Crippen LogP contribution in [0.4, 0.5) is 0 Å². The number of nitrogens with one attached hydrogen (secondary N) is 1. The van der Waals surface area contributed by atoms with Crippen LogP contribution in [0.2, 0.25) is 0 Å². The van der Waals surface area contributed by atoms with E-state index in [0.29, 0.717) is 29.2 Å².